The lowest BCUT2D eigenvalue weighted by molar-refractivity contribution is 0.623. The van der Waals surface area contributed by atoms with E-state index < -0.39 is 0 Å². The Hall–Kier alpha value is -1.71. The molecular weight excluding hydrogens is 271 g/mol. The van der Waals surface area contributed by atoms with Crippen molar-refractivity contribution in [3.63, 3.8) is 0 Å². The van der Waals surface area contributed by atoms with Crippen molar-refractivity contribution in [3.05, 3.63) is 52.5 Å². The zero-order valence-electron chi connectivity index (χ0n) is 9.15. The van der Waals surface area contributed by atoms with E-state index in [1.54, 1.807) is 18.2 Å². The topological polar surface area (TPSA) is 38.1 Å². The average Bonchev–Trinajstić information content (AvgIpc) is 2.76. The monoisotopic (exact) mass is 278 g/mol. The number of hydrogen-bond acceptors (Lipinski definition) is 3. The smallest absolute Gasteiger partial charge is 0.300 e. The zero-order chi connectivity index (χ0) is 12.5. The van der Waals surface area contributed by atoms with Gasteiger partial charge in [0.25, 0.3) is 6.01 Å². The fourth-order valence-corrected chi connectivity index (χ4v) is 1.97. The summed E-state index contributed by atoms with van der Waals surface area (Å²) in [6.07, 6.45) is 0. The lowest BCUT2D eigenvalue weighted by atomic mass is 10.3. The van der Waals surface area contributed by atoms with Crippen molar-refractivity contribution in [2.24, 2.45) is 0 Å². The maximum Gasteiger partial charge on any atom is 0.300 e. The molecule has 0 aliphatic carbocycles. The van der Waals surface area contributed by atoms with Crippen LogP contribution in [0.2, 0.25) is 10.0 Å². The Bertz CT molecular complexity index is 676. The van der Waals surface area contributed by atoms with Gasteiger partial charge in [0.15, 0.2) is 5.58 Å². The number of rotatable bonds is 2. The van der Waals surface area contributed by atoms with Crippen LogP contribution in [-0.4, -0.2) is 4.98 Å². The van der Waals surface area contributed by atoms with Gasteiger partial charge < -0.3 is 9.73 Å². The van der Waals surface area contributed by atoms with Crippen LogP contribution in [0.4, 0.5) is 11.7 Å². The van der Waals surface area contributed by atoms with E-state index in [9.17, 15) is 0 Å². The Morgan fingerprint density at radius 3 is 2.72 bits per heavy atom. The lowest BCUT2D eigenvalue weighted by Gasteiger charge is -2.04. The van der Waals surface area contributed by atoms with Crippen LogP contribution < -0.4 is 5.32 Å². The van der Waals surface area contributed by atoms with E-state index >= 15 is 0 Å². The maximum atomic E-state index is 6.05. The molecule has 0 radical (unpaired) electrons. The van der Waals surface area contributed by atoms with Crippen LogP contribution in [0.25, 0.3) is 11.1 Å². The molecule has 1 aromatic heterocycles. The van der Waals surface area contributed by atoms with Crippen molar-refractivity contribution >= 4 is 46.0 Å². The molecule has 3 aromatic rings. The van der Waals surface area contributed by atoms with Crippen molar-refractivity contribution < 1.29 is 4.42 Å². The Balaban J connectivity index is 1.98. The van der Waals surface area contributed by atoms with Gasteiger partial charge in [-0.25, -0.2) is 0 Å². The second-order valence-electron chi connectivity index (χ2n) is 3.74. The molecular formula is C13H8Cl2N2O. The molecule has 0 bridgehead atoms. The molecule has 0 aliphatic heterocycles. The maximum absolute atomic E-state index is 6.05. The van der Waals surface area contributed by atoms with Gasteiger partial charge in [-0.15, -0.1) is 0 Å². The number of benzene rings is 2. The third-order valence-corrected chi connectivity index (χ3v) is 3.03. The second-order valence-corrected chi connectivity index (χ2v) is 4.58. The summed E-state index contributed by atoms with van der Waals surface area (Å²) in [5.74, 6) is 0. The van der Waals surface area contributed by atoms with E-state index in [0.29, 0.717) is 21.7 Å². The molecule has 0 aliphatic rings. The van der Waals surface area contributed by atoms with Crippen LogP contribution in [0.3, 0.4) is 0 Å². The number of oxazole rings is 1. The third kappa shape index (κ3) is 2.15. The number of fused-ring (bicyclic) bond motifs is 1. The molecule has 2 aromatic carbocycles. The van der Waals surface area contributed by atoms with Crippen molar-refractivity contribution in [2.45, 2.75) is 0 Å². The molecule has 0 spiro atoms. The van der Waals surface area contributed by atoms with Crippen molar-refractivity contribution in [3.8, 4) is 0 Å². The van der Waals surface area contributed by atoms with Crippen molar-refractivity contribution in [2.75, 3.05) is 5.32 Å². The first-order chi connectivity index (χ1) is 8.72. The highest BCUT2D eigenvalue weighted by Gasteiger charge is 2.07. The standard InChI is InChI=1S/C13H8Cl2N2O/c14-8-5-6-9(15)11(7-8)17-13-16-10-3-1-2-4-12(10)18-13/h1-7H,(H,16,17). The number of nitrogens with one attached hydrogen (secondary N) is 1. The first kappa shape index (κ1) is 11.4. The van der Waals surface area contributed by atoms with E-state index in [1.807, 2.05) is 24.3 Å². The van der Waals surface area contributed by atoms with E-state index in [2.05, 4.69) is 10.3 Å². The van der Waals surface area contributed by atoms with Gasteiger partial charge in [-0.1, -0.05) is 35.3 Å². The number of halogens is 2. The van der Waals surface area contributed by atoms with Crippen LogP contribution in [0.1, 0.15) is 0 Å². The quantitative estimate of drug-likeness (QED) is 0.726. The Labute approximate surface area is 113 Å². The average molecular weight is 279 g/mol. The van der Waals surface area contributed by atoms with Gasteiger partial charge in [-0.2, -0.15) is 4.98 Å². The van der Waals surface area contributed by atoms with E-state index in [1.165, 1.54) is 0 Å². The van der Waals surface area contributed by atoms with E-state index in [-0.39, 0.29) is 0 Å². The van der Waals surface area contributed by atoms with Gasteiger partial charge in [-0.3, -0.25) is 0 Å². The fraction of sp³-hybridized carbons (Fsp3) is 0. The van der Waals surface area contributed by atoms with Gasteiger partial charge in [0.1, 0.15) is 5.52 Å². The number of para-hydroxylation sites is 2. The second kappa shape index (κ2) is 4.52. The van der Waals surface area contributed by atoms with Gasteiger partial charge >= 0.3 is 0 Å². The van der Waals surface area contributed by atoms with Crippen LogP contribution in [-0.2, 0) is 0 Å². The highest BCUT2D eigenvalue weighted by atomic mass is 35.5. The molecule has 0 atom stereocenters. The summed E-state index contributed by atoms with van der Waals surface area (Å²) in [4.78, 5) is 4.30. The van der Waals surface area contributed by atoms with Crippen molar-refractivity contribution in [1.82, 2.24) is 4.98 Å². The molecule has 0 amide bonds. The predicted molar refractivity (Wildman–Crippen MR) is 73.8 cm³/mol. The minimum Gasteiger partial charge on any atom is -0.423 e. The van der Waals surface area contributed by atoms with Gasteiger partial charge in [0, 0.05) is 5.02 Å². The number of nitrogens with zero attached hydrogens (tertiary/aromatic N) is 1. The van der Waals surface area contributed by atoms with Gasteiger partial charge in [0.05, 0.1) is 10.7 Å². The Kier molecular flexibility index (Phi) is 2.86. The highest BCUT2D eigenvalue weighted by molar-refractivity contribution is 6.35. The molecule has 0 saturated carbocycles. The number of hydrogen-bond donors (Lipinski definition) is 1. The fourth-order valence-electron chi connectivity index (χ4n) is 1.63. The molecule has 3 rings (SSSR count). The summed E-state index contributed by atoms with van der Waals surface area (Å²) >= 11 is 12.0. The normalized spacial score (nSPS) is 10.8. The first-order valence-electron chi connectivity index (χ1n) is 5.30. The van der Waals surface area contributed by atoms with Crippen LogP contribution in [0, 0.1) is 0 Å². The summed E-state index contributed by atoms with van der Waals surface area (Å²) in [6.45, 7) is 0. The zero-order valence-corrected chi connectivity index (χ0v) is 10.7. The Morgan fingerprint density at radius 2 is 1.89 bits per heavy atom. The van der Waals surface area contributed by atoms with Gasteiger partial charge in [0.2, 0.25) is 0 Å². The molecule has 3 nitrogen and oxygen atoms in total. The summed E-state index contributed by atoms with van der Waals surface area (Å²) in [6, 6.07) is 13.1. The number of anilines is 2. The lowest BCUT2D eigenvalue weighted by Crippen LogP contribution is -1.90. The number of aromatic nitrogens is 1. The predicted octanol–water partition coefficient (Wildman–Crippen LogP) is 4.88. The van der Waals surface area contributed by atoms with E-state index in [4.69, 9.17) is 27.6 Å². The minimum absolute atomic E-state index is 0.389. The summed E-state index contributed by atoms with van der Waals surface area (Å²) in [5, 5.41) is 4.16. The van der Waals surface area contributed by atoms with Crippen LogP contribution in [0.15, 0.2) is 46.9 Å². The van der Waals surface area contributed by atoms with Gasteiger partial charge in [-0.05, 0) is 30.3 Å². The minimum atomic E-state index is 0.389. The molecule has 1 heterocycles. The summed E-state index contributed by atoms with van der Waals surface area (Å²) in [7, 11) is 0. The summed E-state index contributed by atoms with van der Waals surface area (Å²) < 4.78 is 5.54. The highest BCUT2D eigenvalue weighted by Crippen LogP contribution is 2.29. The van der Waals surface area contributed by atoms with Crippen LogP contribution >= 0.6 is 23.2 Å². The Morgan fingerprint density at radius 1 is 1.06 bits per heavy atom. The first-order valence-corrected chi connectivity index (χ1v) is 6.05. The summed E-state index contributed by atoms with van der Waals surface area (Å²) in [5.41, 5.74) is 2.17. The van der Waals surface area contributed by atoms with E-state index in [0.717, 1.165) is 11.1 Å². The van der Waals surface area contributed by atoms with Crippen LogP contribution in [0.5, 0.6) is 0 Å². The molecule has 0 saturated heterocycles. The molecule has 1 N–H and O–H groups in total. The third-order valence-electron chi connectivity index (χ3n) is 2.46. The SMILES string of the molecule is Clc1ccc(Cl)c(Nc2nc3ccccc3o2)c1. The molecule has 90 valence electrons. The van der Waals surface area contributed by atoms with Crippen molar-refractivity contribution in [1.29, 1.82) is 0 Å². The largest absolute Gasteiger partial charge is 0.423 e. The molecule has 18 heavy (non-hydrogen) atoms. The molecule has 0 unspecified atom stereocenters. The molecule has 5 heteroatoms. The molecule has 0 fully saturated rings.